The van der Waals surface area contributed by atoms with Gasteiger partial charge in [0.05, 0.1) is 11.1 Å². The van der Waals surface area contributed by atoms with Gasteiger partial charge in [0.25, 0.3) is 0 Å². The molecule has 0 bridgehead atoms. The van der Waals surface area contributed by atoms with Gasteiger partial charge in [-0.15, -0.1) is 0 Å². The smallest absolute Gasteiger partial charge is 0.336 e. The monoisotopic (exact) mass is 426 g/mol. The summed E-state index contributed by atoms with van der Waals surface area (Å²) in [6.45, 7) is 0. The average Bonchev–Trinajstić information content (AvgIpc) is 2.75. The van der Waals surface area contributed by atoms with E-state index in [1.165, 1.54) is 24.3 Å². The molecule has 0 saturated heterocycles. The Labute approximate surface area is 179 Å². The third-order valence-corrected chi connectivity index (χ3v) is 5.40. The largest absolute Gasteiger partial charge is 0.508 e. The molecule has 0 atom stereocenters. The molecule has 0 amide bonds. The quantitative estimate of drug-likeness (QED) is 0.353. The number of aromatic carboxylic acids is 2. The molecule has 3 aromatic carbocycles. The maximum Gasteiger partial charge on any atom is 0.336 e. The van der Waals surface area contributed by atoms with Crippen molar-refractivity contribution >= 4 is 33.7 Å². The van der Waals surface area contributed by atoms with Crippen LogP contribution >= 0.6 is 0 Å². The second-order valence-corrected chi connectivity index (χ2v) is 7.39. The molecule has 156 valence electrons. The fourth-order valence-electron chi connectivity index (χ4n) is 3.96. The van der Waals surface area contributed by atoms with Gasteiger partial charge in [0.2, 0.25) is 0 Å². The highest BCUT2D eigenvalue weighted by atomic mass is 16.4. The van der Waals surface area contributed by atoms with Gasteiger partial charge in [-0.2, -0.15) is 0 Å². The predicted molar refractivity (Wildman–Crippen MR) is 118 cm³/mol. The minimum atomic E-state index is -1.29. The highest BCUT2D eigenvalue weighted by Gasteiger charge is 2.23. The van der Waals surface area contributed by atoms with Crippen LogP contribution in [-0.2, 0) is 0 Å². The lowest BCUT2D eigenvalue weighted by molar-refractivity contribution is 0.0696. The van der Waals surface area contributed by atoms with Crippen LogP contribution in [0, 0.1) is 0 Å². The van der Waals surface area contributed by atoms with Gasteiger partial charge in [0, 0.05) is 22.6 Å². The van der Waals surface area contributed by atoms with Crippen LogP contribution in [0.2, 0.25) is 0 Å². The normalized spacial score (nSPS) is 11.2. The van der Waals surface area contributed by atoms with Crippen LogP contribution in [0.25, 0.3) is 44.2 Å². The number of carboxylic acids is 2. The molecule has 0 fully saturated rings. The number of phenolic OH excluding ortho intramolecular Hbond substituents is 1. The average molecular weight is 426 g/mol. The van der Waals surface area contributed by atoms with Gasteiger partial charge in [-0.05, 0) is 64.9 Å². The van der Waals surface area contributed by atoms with Crippen LogP contribution < -0.4 is 5.43 Å². The Morgan fingerprint density at radius 3 is 2.28 bits per heavy atom. The van der Waals surface area contributed by atoms with E-state index in [0.717, 1.165) is 11.5 Å². The van der Waals surface area contributed by atoms with E-state index in [4.69, 9.17) is 4.42 Å². The second-order valence-electron chi connectivity index (χ2n) is 7.39. The third kappa shape index (κ3) is 3.04. The summed E-state index contributed by atoms with van der Waals surface area (Å²) in [7, 11) is 0. The lowest BCUT2D eigenvalue weighted by atomic mass is 9.89. The summed E-state index contributed by atoms with van der Waals surface area (Å²) in [6, 6.07) is 16.5. The van der Waals surface area contributed by atoms with Crippen LogP contribution in [0.4, 0.5) is 0 Å². The fraction of sp³-hybridized carbons (Fsp3) is 0. The second kappa shape index (κ2) is 6.95. The van der Waals surface area contributed by atoms with Gasteiger partial charge in [0.1, 0.15) is 17.1 Å². The Bertz CT molecular complexity index is 1610. The van der Waals surface area contributed by atoms with Crippen molar-refractivity contribution in [3.63, 3.8) is 0 Å². The van der Waals surface area contributed by atoms with Gasteiger partial charge < -0.3 is 19.7 Å². The van der Waals surface area contributed by atoms with Crippen molar-refractivity contribution in [2.24, 2.45) is 0 Å². The Hall–Kier alpha value is -4.65. The molecule has 2 aliphatic rings. The van der Waals surface area contributed by atoms with Crippen LogP contribution in [0.5, 0.6) is 5.75 Å². The lowest BCUT2D eigenvalue weighted by Crippen LogP contribution is -2.06. The molecule has 5 rings (SSSR count). The van der Waals surface area contributed by atoms with E-state index >= 15 is 0 Å². The van der Waals surface area contributed by atoms with Crippen molar-refractivity contribution in [2.75, 3.05) is 0 Å². The van der Waals surface area contributed by atoms with Crippen molar-refractivity contribution in [2.45, 2.75) is 0 Å². The van der Waals surface area contributed by atoms with E-state index in [9.17, 15) is 29.7 Å². The number of benzene rings is 4. The lowest BCUT2D eigenvalue weighted by Gasteiger charge is -2.17. The molecule has 1 aliphatic carbocycles. The van der Waals surface area contributed by atoms with Crippen molar-refractivity contribution in [1.29, 1.82) is 0 Å². The van der Waals surface area contributed by atoms with Gasteiger partial charge in [-0.25, -0.2) is 9.59 Å². The molecule has 0 saturated carbocycles. The molecule has 7 nitrogen and oxygen atoms in total. The van der Waals surface area contributed by atoms with Crippen molar-refractivity contribution in [1.82, 2.24) is 0 Å². The molecular formula is C25H14O7. The van der Waals surface area contributed by atoms with E-state index in [-0.39, 0.29) is 33.6 Å². The number of rotatable bonds is 3. The van der Waals surface area contributed by atoms with Crippen LogP contribution in [0.3, 0.4) is 0 Å². The molecule has 0 radical (unpaired) electrons. The number of carbonyl (C=O) groups is 2. The first-order chi connectivity index (χ1) is 15.3. The van der Waals surface area contributed by atoms with Gasteiger partial charge in [-0.1, -0.05) is 12.1 Å². The molecule has 7 heteroatoms. The number of aromatic hydroxyl groups is 1. The fourth-order valence-corrected chi connectivity index (χ4v) is 3.96. The molecule has 1 aliphatic heterocycles. The zero-order valence-corrected chi connectivity index (χ0v) is 16.3. The first-order valence-electron chi connectivity index (χ1n) is 9.56. The maximum absolute atomic E-state index is 12.1. The van der Waals surface area contributed by atoms with Crippen LogP contribution in [0.15, 0.2) is 75.9 Å². The predicted octanol–water partition coefficient (Wildman–Crippen LogP) is 4.82. The number of hydrogen-bond donors (Lipinski definition) is 3. The van der Waals surface area contributed by atoms with E-state index < -0.39 is 11.9 Å². The summed E-state index contributed by atoms with van der Waals surface area (Å²) >= 11 is 0. The first-order valence-corrected chi connectivity index (χ1v) is 9.56. The molecular weight excluding hydrogens is 412 g/mol. The van der Waals surface area contributed by atoms with E-state index in [2.05, 4.69) is 0 Å². The highest BCUT2D eigenvalue weighted by Crippen LogP contribution is 2.42. The Balaban J connectivity index is 1.98. The highest BCUT2D eigenvalue weighted by molar-refractivity contribution is 6.11. The summed E-state index contributed by atoms with van der Waals surface area (Å²) in [6.07, 6.45) is 0. The summed E-state index contributed by atoms with van der Waals surface area (Å²) in [5.41, 5.74) is 1.07. The number of carboxylic acid groups (broad SMARTS) is 2. The van der Waals surface area contributed by atoms with Crippen LogP contribution in [-0.4, -0.2) is 27.3 Å². The van der Waals surface area contributed by atoms with Crippen LogP contribution in [0.1, 0.15) is 20.7 Å². The Morgan fingerprint density at radius 1 is 0.750 bits per heavy atom. The maximum atomic E-state index is 12.1. The number of fused-ring (bicyclic) bond motifs is 3. The molecule has 0 unspecified atom stereocenters. The Kier molecular flexibility index (Phi) is 4.20. The minimum absolute atomic E-state index is 0.0733. The van der Waals surface area contributed by atoms with Crippen molar-refractivity contribution in [3.8, 4) is 28.2 Å². The Morgan fingerprint density at radius 2 is 1.53 bits per heavy atom. The zero-order valence-electron chi connectivity index (χ0n) is 16.3. The van der Waals surface area contributed by atoms with Gasteiger partial charge >= 0.3 is 11.9 Å². The summed E-state index contributed by atoms with van der Waals surface area (Å²) in [5.74, 6) is -2.18. The van der Waals surface area contributed by atoms with E-state index in [0.29, 0.717) is 27.5 Å². The van der Waals surface area contributed by atoms with Crippen molar-refractivity contribution < 1.29 is 29.3 Å². The minimum Gasteiger partial charge on any atom is -0.508 e. The third-order valence-electron chi connectivity index (χ3n) is 5.40. The topological polar surface area (TPSA) is 125 Å². The summed E-state index contributed by atoms with van der Waals surface area (Å²) in [5, 5.41) is 31.1. The molecule has 32 heavy (non-hydrogen) atoms. The number of hydrogen-bond acceptors (Lipinski definition) is 5. The number of phenols is 1. The molecule has 3 aromatic rings. The van der Waals surface area contributed by atoms with E-state index in [1.807, 2.05) is 0 Å². The summed E-state index contributed by atoms with van der Waals surface area (Å²) in [4.78, 5) is 35.4. The molecule has 0 spiro atoms. The summed E-state index contributed by atoms with van der Waals surface area (Å²) < 4.78 is 5.99. The SMILES string of the molecule is O=C(O)c1ccc(-c2c3ccc(=O)cc-3oc3cc4ccc(O)cc4cc23)c(C(=O)O)c1. The first kappa shape index (κ1) is 19.3. The standard InChI is InChI=1S/C25H14O7/c26-15-3-1-12-10-21-20(9-14(12)7-15)23(18-6-4-16(27)11-22(18)32-21)17-5-2-13(24(28)29)8-19(17)25(30)31/h1-11,26H,(H,28,29)(H,30,31). The van der Waals surface area contributed by atoms with Crippen molar-refractivity contribution in [3.05, 3.63) is 88.1 Å². The molecule has 0 aromatic heterocycles. The zero-order chi connectivity index (χ0) is 22.6. The molecule has 1 heterocycles. The van der Waals surface area contributed by atoms with E-state index in [1.54, 1.807) is 36.4 Å². The molecule has 3 N–H and O–H groups in total. The van der Waals surface area contributed by atoms with Gasteiger partial charge in [0.15, 0.2) is 5.43 Å². The van der Waals surface area contributed by atoms with Gasteiger partial charge in [-0.3, -0.25) is 4.79 Å².